The normalized spacial score (nSPS) is 12.4. The Balaban J connectivity index is 1.79. The molecule has 0 radical (unpaired) electrons. The number of benzene rings is 2. The highest BCUT2D eigenvalue weighted by Crippen LogP contribution is 2.31. The molecule has 0 spiro atoms. The van der Waals surface area contributed by atoms with Crippen LogP contribution in [0, 0.1) is 0 Å². The summed E-state index contributed by atoms with van der Waals surface area (Å²) in [4.78, 5) is 17.0. The van der Waals surface area contributed by atoms with Crippen molar-refractivity contribution in [2.75, 3.05) is 5.32 Å². The summed E-state index contributed by atoms with van der Waals surface area (Å²) in [7, 11) is 0. The smallest absolute Gasteiger partial charge is 0.324 e. The van der Waals surface area contributed by atoms with Crippen molar-refractivity contribution in [3.8, 4) is 0 Å². The van der Waals surface area contributed by atoms with Gasteiger partial charge in [0.1, 0.15) is 6.04 Å². The first-order valence-electron chi connectivity index (χ1n) is 8.60. The maximum Gasteiger partial charge on any atom is 0.416 e. The Bertz CT molecular complexity index is 915. The number of hydrogen-bond donors (Lipinski definition) is 2. The van der Waals surface area contributed by atoms with Crippen molar-refractivity contribution in [1.82, 2.24) is 10.3 Å². The highest BCUT2D eigenvalue weighted by atomic mass is 19.4. The zero-order chi connectivity index (χ0) is 20.0. The lowest BCUT2D eigenvalue weighted by Gasteiger charge is -2.19. The first kappa shape index (κ1) is 19.6. The fourth-order valence-corrected chi connectivity index (χ4v) is 2.70. The molecule has 0 unspecified atom stereocenters. The molecule has 0 bridgehead atoms. The summed E-state index contributed by atoms with van der Waals surface area (Å²) in [6.07, 6.45) is -2.83. The Morgan fingerprint density at radius 1 is 0.964 bits per heavy atom. The molecule has 0 fully saturated rings. The molecule has 1 atom stereocenters. The van der Waals surface area contributed by atoms with Crippen LogP contribution < -0.4 is 10.6 Å². The first-order chi connectivity index (χ1) is 13.4. The highest BCUT2D eigenvalue weighted by molar-refractivity contribution is 5.95. The second-order valence-corrected chi connectivity index (χ2v) is 6.11. The summed E-state index contributed by atoms with van der Waals surface area (Å²) in [6.45, 7) is 0.330. The number of rotatable bonds is 6. The number of aromatic nitrogens is 1. The summed E-state index contributed by atoms with van der Waals surface area (Å²) < 4.78 is 38.7. The van der Waals surface area contributed by atoms with Crippen molar-refractivity contribution in [2.45, 2.75) is 18.8 Å². The minimum Gasteiger partial charge on any atom is -0.324 e. The minimum atomic E-state index is -4.48. The topological polar surface area (TPSA) is 54.0 Å². The van der Waals surface area contributed by atoms with Gasteiger partial charge in [0, 0.05) is 18.4 Å². The van der Waals surface area contributed by atoms with Gasteiger partial charge < -0.3 is 5.32 Å². The van der Waals surface area contributed by atoms with Crippen LogP contribution in [0.15, 0.2) is 79.0 Å². The molecule has 1 aromatic heterocycles. The summed E-state index contributed by atoms with van der Waals surface area (Å²) in [6, 6.07) is 18.2. The van der Waals surface area contributed by atoms with E-state index in [0.29, 0.717) is 12.1 Å². The zero-order valence-electron chi connectivity index (χ0n) is 14.8. The fraction of sp³-hybridized carbons (Fsp3) is 0.143. The third-order valence-electron chi connectivity index (χ3n) is 4.07. The van der Waals surface area contributed by atoms with Crippen LogP contribution in [-0.2, 0) is 17.5 Å². The number of nitrogens with one attached hydrogen (secondary N) is 2. The van der Waals surface area contributed by atoms with E-state index in [9.17, 15) is 18.0 Å². The Labute approximate surface area is 160 Å². The molecule has 0 saturated carbocycles. The maximum atomic E-state index is 12.9. The molecule has 1 amide bonds. The Morgan fingerprint density at radius 2 is 1.71 bits per heavy atom. The van der Waals surface area contributed by atoms with Crippen LogP contribution in [0.25, 0.3) is 0 Å². The van der Waals surface area contributed by atoms with Crippen LogP contribution in [0.5, 0.6) is 0 Å². The van der Waals surface area contributed by atoms with Gasteiger partial charge in [0.15, 0.2) is 0 Å². The van der Waals surface area contributed by atoms with Gasteiger partial charge in [-0.25, -0.2) is 0 Å². The molecule has 3 rings (SSSR count). The Hall–Kier alpha value is -3.19. The molecule has 0 aliphatic rings. The first-order valence-corrected chi connectivity index (χ1v) is 8.60. The van der Waals surface area contributed by atoms with Crippen molar-refractivity contribution < 1.29 is 18.0 Å². The largest absolute Gasteiger partial charge is 0.416 e. The minimum absolute atomic E-state index is 0.0837. The van der Waals surface area contributed by atoms with E-state index >= 15 is 0 Å². The van der Waals surface area contributed by atoms with Crippen LogP contribution in [0.4, 0.5) is 18.9 Å². The SMILES string of the molecule is O=C(Nc1cccc(C(F)(F)F)c1)[C@@H](NCc1ccccn1)c1ccccc1. The molecule has 4 nitrogen and oxygen atoms in total. The van der Waals surface area contributed by atoms with E-state index < -0.39 is 23.7 Å². The van der Waals surface area contributed by atoms with E-state index in [0.717, 1.165) is 17.8 Å². The van der Waals surface area contributed by atoms with Gasteiger partial charge >= 0.3 is 6.18 Å². The highest BCUT2D eigenvalue weighted by Gasteiger charge is 2.30. The number of halogens is 3. The molecule has 144 valence electrons. The van der Waals surface area contributed by atoms with Crippen LogP contribution in [0.3, 0.4) is 0 Å². The lowest BCUT2D eigenvalue weighted by Crippen LogP contribution is -2.33. The predicted molar refractivity (Wildman–Crippen MR) is 100 cm³/mol. The standard InChI is InChI=1S/C21H18F3N3O/c22-21(23,24)16-9-6-11-17(13-16)27-20(28)19(15-7-2-1-3-8-15)26-14-18-10-4-5-12-25-18/h1-13,19,26H,14H2,(H,27,28)/t19-/m0/s1. The van der Waals surface area contributed by atoms with E-state index in [-0.39, 0.29) is 5.69 Å². The van der Waals surface area contributed by atoms with Crippen molar-refractivity contribution in [3.63, 3.8) is 0 Å². The number of hydrogen-bond acceptors (Lipinski definition) is 3. The fourth-order valence-electron chi connectivity index (χ4n) is 2.70. The van der Waals surface area contributed by atoms with Gasteiger partial charge in [-0.05, 0) is 35.9 Å². The molecule has 0 saturated heterocycles. The van der Waals surface area contributed by atoms with Crippen LogP contribution >= 0.6 is 0 Å². The number of carbonyl (C=O) groups excluding carboxylic acids is 1. The third-order valence-corrected chi connectivity index (χ3v) is 4.07. The monoisotopic (exact) mass is 385 g/mol. The van der Waals surface area contributed by atoms with Crippen molar-refractivity contribution in [1.29, 1.82) is 0 Å². The van der Waals surface area contributed by atoms with E-state index in [1.165, 1.54) is 12.1 Å². The van der Waals surface area contributed by atoms with Gasteiger partial charge in [0.25, 0.3) is 0 Å². The number of amides is 1. The number of nitrogens with zero attached hydrogens (tertiary/aromatic N) is 1. The lowest BCUT2D eigenvalue weighted by atomic mass is 10.1. The van der Waals surface area contributed by atoms with Crippen molar-refractivity contribution in [3.05, 3.63) is 95.8 Å². The number of carbonyl (C=O) groups is 1. The van der Waals surface area contributed by atoms with Gasteiger partial charge in [0.05, 0.1) is 11.3 Å². The van der Waals surface area contributed by atoms with Gasteiger partial charge in [-0.3, -0.25) is 15.1 Å². The van der Waals surface area contributed by atoms with Gasteiger partial charge in [-0.1, -0.05) is 42.5 Å². The van der Waals surface area contributed by atoms with Crippen LogP contribution in [0.1, 0.15) is 22.9 Å². The second-order valence-electron chi connectivity index (χ2n) is 6.11. The van der Waals surface area contributed by atoms with E-state index in [1.807, 2.05) is 18.2 Å². The van der Waals surface area contributed by atoms with Crippen LogP contribution in [0.2, 0.25) is 0 Å². The molecule has 28 heavy (non-hydrogen) atoms. The quantitative estimate of drug-likeness (QED) is 0.654. The van der Waals surface area contributed by atoms with Gasteiger partial charge in [-0.2, -0.15) is 13.2 Å². The van der Waals surface area contributed by atoms with Crippen molar-refractivity contribution in [2.24, 2.45) is 0 Å². The number of pyridine rings is 1. The summed E-state index contributed by atoms with van der Waals surface area (Å²) in [5.74, 6) is -0.457. The predicted octanol–water partition coefficient (Wildman–Crippen LogP) is 4.57. The van der Waals surface area contributed by atoms with Crippen molar-refractivity contribution >= 4 is 11.6 Å². The average Bonchev–Trinajstić information content (AvgIpc) is 2.69. The lowest BCUT2D eigenvalue weighted by molar-refractivity contribution is -0.137. The average molecular weight is 385 g/mol. The van der Waals surface area contributed by atoms with Gasteiger partial charge in [-0.15, -0.1) is 0 Å². The molecular weight excluding hydrogens is 367 g/mol. The summed E-state index contributed by atoms with van der Waals surface area (Å²) in [5.41, 5.74) is 0.710. The second kappa shape index (κ2) is 8.67. The van der Waals surface area contributed by atoms with Crippen LogP contribution in [-0.4, -0.2) is 10.9 Å². The molecular formula is C21H18F3N3O. The number of alkyl halides is 3. The Kier molecular flexibility index (Phi) is 6.06. The molecule has 2 N–H and O–H groups in total. The number of anilines is 1. The summed E-state index contributed by atoms with van der Waals surface area (Å²) in [5, 5.41) is 5.69. The Morgan fingerprint density at radius 3 is 2.39 bits per heavy atom. The van der Waals surface area contributed by atoms with Gasteiger partial charge in [0.2, 0.25) is 5.91 Å². The molecule has 3 aromatic rings. The van der Waals surface area contributed by atoms with E-state index in [2.05, 4.69) is 15.6 Å². The third kappa shape index (κ3) is 5.17. The molecule has 1 heterocycles. The maximum absolute atomic E-state index is 12.9. The van der Waals surface area contributed by atoms with E-state index in [1.54, 1.807) is 36.5 Å². The van der Waals surface area contributed by atoms with E-state index in [4.69, 9.17) is 0 Å². The molecule has 0 aliphatic carbocycles. The zero-order valence-corrected chi connectivity index (χ0v) is 14.8. The summed E-state index contributed by atoms with van der Waals surface area (Å²) >= 11 is 0. The molecule has 2 aromatic carbocycles. The molecule has 0 aliphatic heterocycles. The molecule has 7 heteroatoms.